The Morgan fingerprint density at radius 3 is 2.33 bits per heavy atom. The summed E-state index contributed by atoms with van der Waals surface area (Å²) in [7, 11) is -9.23. The fourth-order valence-electron chi connectivity index (χ4n) is 4.48. The molecule has 0 atom stereocenters. The molecule has 0 fully saturated rings. The number of carbonyl (C=O) groups excluding carboxylic acids is 1. The standard InChI is InChI=1S/C29H32N6O8S2.Na/c1-3-5-14-31-29(38)32-19-11-13-23(24(36)16-19)35(4-2)44(39,40)26-9-7-6-8-22(26)33-34-28-21(30)12-10-18-15-20(45(41,42)43)17-25(37)27(18)28;/h6-13,15-17,36-37H,3-5,14,30H2,1-2H3,(H2,31,32,38)(H,41,42,43);/q;+1/p-1. The van der Waals surface area contributed by atoms with Gasteiger partial charge in [-0.15, -0.1) is 10.2 Å². The molecule has 14 nitrogen and oxygen atoms in total. The summed E-state index contributed by atoms with van der Waals surface area (Å²) in [4.78, 5) is 11.2. The first kappa shape index (κ1) is 36.5. The van der Waals surface area contributed by atoms with Crippen molar-refractivity contribution in [1.29, 1.82) is 0 Å². The minimum absolute atomic E-state index is 0. The fraction of sp³-hybridized carbons (Fsp3) is 0.207. The summed E-state index contributed by atoms with van der Waals surface area (Å²) in [5, 5.41) is 34.9. The van der Waals surface area contributed by atoms with Crippen molar-refractivity contribution in [1.82, 2.24) is 5.32 Å². The Morgan fingerprint density at radius 2 is 1.67 bits per heavy atom. The number of phenolic OH excluding ortho intramolecular Hbond substituents is 2. The Morgan fingerprint density at radius 1 is 0.957 bits per heavy atom. The van der Waals surface area contributed by atoms with E-state index in [1.807, 2.05) is 6.92 Å². The minimum Gasteiger partial charge on any atom is -0.744 e. The molecule has 0 aliphatic rings. The van der Waals surface area contributed by atoms with E-state index in [4.69, 9.17) is 5.73 Å². The second-order valence-corrected chi connectivity index (χ2v) is 13.0. The van der Waals surface area contributed by atoms with Gasteiger partial charge in [-0.1, -0.05) is 31.5 Å². The summed E-state index contributed by atoms with van der Waals surface area (Å²) in [5.41, 5.74) is 6.12. The van der Waals surface area contributed by atoms with Gasteiger partial charge in [-0.05, 0) is 61.2 Å². The third kappa shape index (κ3) is 8.07. The summed E-state index contributed by atoms with van der Waals surface area (Å²) in [6.07, 6.45) is 1.70. The monoisotopic (exact) mass is 678 g/mol. The SMILES string of the molecule is CCCCNC(=O)Nc1ccc(N(CC)S(=O)(=O)c2ccccc2N=Nc2c(N)ccc3cc(S(=O)(=O)[O-])cc(O)c23)c(O)c1.[Na+]. The quantitative estimate of drug-likeness (QED) is 0.0515. The van der Waals surface area contributed by atoms with Crippen molar-refractivity contribution >= 4 is 65.4 Å². The molecular formula is C29H31N6NaO8S2. The maximum absolute atomic E-state index is 13.9. The van der Waals surface area contributed by atoms with Gasteiger partial charge >= 0.3 is 35.6 Å². The van der Waals surface area contributed by atoms with Gasteiger partial charge in [0.1, 0.15) is 37.9 Å². The topological polar surface area (TPSA) is 227 Å². The van der Waals surface area contributed by atoms with Crippen LogP contribution in [-0.4, -0.2) is 50.7 Å². The molecule has 4 rings (SSSR count). The van der Waals surface area contributed by atoms with Gasteiger partial charge < -0.3 is 31.1 Å². The molecule has 4 aromatic rings. The van der Waals surface area contributed by atoms with Crippen molar-refractivity contribution in [3.8, 4) is 11.5 Å². The molecule has 46 heavy (non-hydrogen) atoms. The molecule has 6 N–H and O–H groups in total. The van der Waals surface area contributed by atoms with Crippen LogP contribution in [-0.2, 0) is 20.1 Å². The third-order valence-electron chi connectivity index (χ3n) is 6.66. The van der Waals surface area contributed by atoms with E-state index in [1.165, 1.54) is 54.6 Å². The number of carbonyl (C=O) groups is 1. The van der Waals surface area contributed by atoms with E-state index in [2.05, 4.69) is 20.9 Å². The van der Waals surface area contributed by atoms with Gasteiger partial charge in [-0.25, -0.2) is 21.6 Å². The van der Waals surface area contributed by atoms with Crippen LogP contribution in [0.5, 0.6) is 11.5 Å². The van der Waals surface area contributed by atoms with Crippen LogP contribution in [0.3, 0.4) is 0 Å². The van der Waals surface area contributed by atoms with Crippen LogP contribution in [0.2, 0.25) is 0 Å². The predicted molar refractivity (Wildman–Crippen MR) is 169 cm³/mol. The second-order valence-electron chi connectivity index (χ2n) is 9.77. The average Bonchev–Trinajstić information content (AvgIpc) is 2.98. The van der Waals surface area contributed by atoms with E-state index >= 15 is 0 Å². The summed E-state index contributed by atoms with van der Waals surface area (Å²) in [6, 6.07) is 13.9. The number of anilines is 3. The Balaban J connectivity index is 0.00000576. The van der Waals surface area contributed by atoms with E-state index in [1.54, 1.807) is 6.92 Å². The Labute approximate surface area is 288 Å². The number of aromatic hydroxyl groups is 2. The zero-order valence-electron chi connectivity index (χ0n) is 25.3. The molecule has 4 aromatic carbocycles. The zero-order valence-corrected chi connectivity index (χ0v) is 28.9. The maximum Gasteiger partial charge on any atom is 1.00 e. The Kier molecular flexibility index (Phi) is 12.0. The number of phenols is 2. The van der Waals surface area contributed by atoms with E-state index < -0.39 is 42.6 Å². The van der Waals surface area contributed by atoms with Gasteiger partial charge in [-0.3, -0.25) is 4.31 Å². The van der Waals surface area contributed by atoms with E-state index in [9.17, 15) is 36.4 Å². The first-order valence-electron chi connectivity index (χ1n) is 13.7. The maximum atomic E-state index is 13.9. The van der Waals surface area contributed by atoms with Gasteiger partial charge in [0.15, 0.2) is 0 Å². The Bertz CT molecular complexity index is 2010. The van der Waals surface area contributed by atoms with Crippen molar-refractivity contribution in [2.75, 3.05) is 28.4 Å². The summed E-state index contributed by atoms with van der Waals surface area (Å²) in [6.45, 7) is 3.96. The Hall–Kier alpha value is -3.93. The molecule has 238 valence electrons. The van der Waals surface area contributed by atoms with Crippen molar-refractivity contribution in [2.24, 2.45) is 10.2 Å². The van der Waals surface area contributed by atoms with Crippen LogP contribution in [0, 0.1) is 0 Å². The minimum atomic E-state index is -4.87. The number of benzene rings is 4. The first-order chi connectivity index (χ1) is 21.3. The number of nitrogen functional groups attached to an aromatic ring is 1. The van der Waals surface area contributed by atoms with Gasteiger partial charge in [0.25, 0.3) is 10.0 Å². The van der Waals surface area contributed by atoms with Crippen LogP contribution >= 0.6 is 0 Å². The number of fused-ring (bicyclic) bond motifs is 1. The zero-order chi connectivity index (χ0) is 32.9. The summed E-state index contributed by atoms with van der Waals surface area (Å²) >= 11 is 0. The van der Waals surface area contributed by atoms with Gasteiger partial charge in [-0.2, -0.15) is 0 Å². The summed E-state index contributed by atoms with van der Waals surface area (Å²) < 4.78 is 63.3. The number of sulfonamides is 1. The predicted octanol–water partition coefficient (Wildman–Crippen LogP) is 2.29. The first-order valence-corrected chi connectivity index (χ1v) is 16.5. The fourth-order valence-corrected chi connectivity index (χ4v) is 6.62. The molecule has 0 aliphatic heterocycles. The molecule has 17 heteroatoms. The number of nitrogens with one attached hydrogen (secondary N) is 2. The van der Waals surface area contributed by atoms with Gasteiger partial charge in [0, 0.05) is 24.8 Å². The number of hydrogen-bond acceptors (Lipinski definition) is 11. The smallest absolute Gasteiger partial charge is 0.744 e. The van der Waals surface area contributed by atoms with Crippen molar-refractivity contribution in [3.05, 3.63) is 66.7 Å². The molecule has 0 saturated carbocycles. The number of nitrogens with zero attached hydrogens (tertiary/aromatic N) is 3. The second kappa shape index (κ2) is 15.1. The van der Waals surface area contributed by atoms with Crippen LogP contribution < -0.4 is 50.2 Å². The number of unbranched alkanes of at least 4 members (excludes halogenated alkanes) is 1. The van der Waals surface area contributed by atoms with E-state index in [0.717, 1.165) is 29.3 Å². The van der Waals surface area contributed by atoms with E-state index in [-0.39, 0.29) is 80.2 Å². The van der Waals surface area contributed by atoms with Crippen LogP contribution in [0.4, 0.5) is 33.2 Å². The van der Waals surface area contributed by atoms with Crippen LogP contribution in [0.1, 0.15) is 26.7 Å². The van der Waals surface area contributed by atoms with Crippen molar-refractivity contribution < 1.29 is 66.0 Å². The largest absolute Gasteiger partial charge is 1.00 e. The summed E-state index contributed by atoms with van der Waals surface area (Å²) in [5.74, 6) is -0.988. The molecule has 0 bridgehead atoms. The molecule has 0 unspecified atom stereocenters. The van der Waals surface area contributed by atoms with Crippen LogP contribution in [0.25, 0.3) is 10.8 Å². The molecule has 0 spiro atoms. The van der Waals surface area contributed by atoms with Gasteiger partial charge in [0.05, 0.1) is 21.7 Å². The molecule has 0 aromatic heterocycles. The average molecular weight is 679 g/mol. The van der Waals surface area contributed by atoms with Crippen LogP contribution in [0.15, 0.2) is 86.7 Å². The molecule has 0 radical (unpaired) electrons. The number of hydrogen-bond donors (Lipinski definition) is 5. The number of nitrogens with two attached hydrogens (primary N) is 1. The number of rotatable bonds is 11. The number of amides is 2. The number of urea groups is 1. The van der Waals surface area contributed by atoms with E-state index in [0.29, 0.717) is 6.54 Å². The normalized spacial score (nSPS) is 11.7. The molecule has 2 amide bonds. The number of azo groups is 1. The molecular weight excluding hydrogens is 647 g/mol. The molecule has 0 saturated heterocycles. The molecule has 0 aliphatic carbocycles. The third-order valence-corrected chi connectivity index (χ3v) is 9.41. The van der Waals surface area contributed by atoms with Crippen molar-refractivity contribution in [2.45, 2.75) is 36.5 Å². The molecule has 0 heterocycles. The van der Waals surface area contributed by atoms with Crippen molar-refractivity contribution in [3.63, 3.8) is 0 Å². The van der Waals surface area contributed by atoms with Gasteiger partial charge in [0.2, 0.25) is 0 Å².